The van der Waals surface area contributed by atoms with Gasteiger partial charge in [0.05, 0.1) is 7.11 Å². The van der Waals surface area contributed by atoms with Crippen LogP contribution in [0, 0.1) is 0 Å². The van der Waals surface area contributed by atoms with Gasteiger partial charge in [0.2, 0.25) is 0 Å². The summed E-state index contributed by atoms with van der Waals surface area (Å²) in [6.45, 7) is 5.83. The van der Waals surface area contributed by atoms with Gasteiger partial charge >= 0.3 is 6.09 Å². The van der Waals surface area contributed by atoms with Crippen molar-refractivity contribution < 1.29 is 14.3 Å². The molecule has 0 radical (unpaired) electrons. The summed E-state index contributed by atoms with van der Waals surface area (Å²) in [4.78, 5) is 11.7. The lowest BCUT2D eigenvalue weighted by Gasteiger charge is -2.19. The molecule has 2 aromatic carbocycles. The van der Waals surface area contributed by atoms with Crippen LogP contribution in [0.15, 0.2) is 42.5 Å². The Morgan fingerprint density at radius 1 is 1.12 bits per heavy atom. The maximum absolute atomic E-state index is 11.7. The highest BCUT2D eigenvalue weighted by Crippen LogP contribution is 2.33. The molecule has 0 unspecified atom stereocenters. The molecular weight excluding hydrogens is 304 g/mol. The van der Waals surface area contributed by atoms with Gasteiger partial charge in [-0.2, -0.15) is 0 Å². The largest absolute Gasteiger partial charge is 0.496 e. The number of hydrogen-bond acceptors (Lipinski definition) is 4. The number of alkyl carbamates (subject to hydrolysis) is 1. The Labute approximate surface area is 142 Å². The minimum absolute atomic E-state index is 0.352. The number of rotatable bonds is 4. The number of amides is 1. The molecule has 0 atom stereocenters. The van der Waals surface area contributed by atoms with Crippen LogP contribution in [-0.4, -0.2) is 18.8 Å². The molecule has 0 aliphatic heterocycles. The summed E-state index contributed by atoms with van der Waals surface area (Å²) < 4.78 is 10.6. The fraction of sp³-hybridized carbons (Fsp3) is 0.316. The van der Waals surface area contributed by atoms with E-state index in [1.807, 2.05) is 63.2 Å². The van der Waals surface area contributed by atoms with E-state index in [2.05, 4.69) is 5.32 Å². The molecule has 128 valence electrons. The van der Waals surface area contributed by atoms with E-state index in [9.17, 15) is 4.79 Å². The number of carbonyl (C=O) groups is 1. The smallest absolute Gasteiger partial charge is 0.407 e. The van der Waals surface area contributed by atoms with E-state index in [1.54, 1.807) is 7.11 Å². The molecule has 0 saturated carbocycles. The highest BCUT2D eigenvalue weighted by molar-refractivity contribution is 5.80. The number of anilines is 1. The molecular formula is C19H24N2O3. The summed E-state index contributed by atoms with van der Waals surface area (Å²) in [6, 6.07) is 13.4. The lowest BCUT2D eigenvalue weighted by molar-refractivity contribution is 0.0523. The van der Waals surface area contributed by atoms with E-state index in [4.69, 9.17) is 15.2 Å². The summed E-state index contributed by atoms with van der Waals surface area (Å²) >= 11 is 0. The van der Waals surface area contributed by atoms with Gasteiger partial charge in [0.1, 0.15) is 11.4 Å². The molecule has 1 amide bonds. The minimum atomic E-state index is -0.517. The second-order valence-corrected chi connectivity index (χ2v) is 6.48. The van der Waals surface area contributed by atoms with Gasteiger partial charge in [-0.25, -0.2) is 4.79 Å². The second-order valence-electron chi connectivity index (χ2n) is 6.48. The quantitative estimate of drug-likeness (QED) is 0.833. The zero-order valence-electron chi connectivity index (χ0n) is 14.6. The fourth-order valence-electron chi connectivity index (χ4n) is 2.32. The van der Waals surface area contributed by atoms with E-state index in [1.165, 1.54) is 0 Å². The van der Waals surface area contributed by atoms with Gasteiger partial charge in [-0.3, -0.25) is 0 Å². The molecule has 0 fully saturated rings. The second kappa shape index (κ2) is 7.25. The van der Waals surface area contributed by atoms with Crippen LogP contribution in [-0.2, 0) is 11.3 Å². The van der Waals surface area contributed by atoms with E-state index >= 15 is 0 Å². The first-order chi connectivity index (χ1) is 11.3. The summed E-state index contributed by atoms with van der Waals surface area (Å²) in [5, 5.41) is 2.72. The molecule has 24 heavy (non-hydrogen) atoms. The maximum atomic E-state index is 11.7. The van der Waals surface area contributed by atoms with Gasteiger partial charge in [0.25, 0.3) is 0 Å². The Kier molecular flexibility index (Phi) is 5.34. The molecule has 0 aliphatic carbocycles. The van der Waals surface area contributed by atoms with Crippen LogP contribution >= 0.6 is 0 Å². The standard InChI is InChI=1S/C19H24N2O3/c1-19(2,3)24-18(22)21-12-13-9-10-14(16(20)11-13)15-7-5-6-8-17(15)23-4/h5-11H,12,20H2,1-4H3,(H,21,22). The summed E-state index contributed by atoms with van der Waals surface area (Å²) in [6.07, 6.45) is -0.449. The third-order valence-electron chi connectivity index (χ3n) is 3.35. The highest BCUT2D eigenvalue weighted by atomic mass is 16.6. The van der Waals surface area contributed by atoms with E-state index in [0.717, 1.165) is 22.4 Å². The molecule has 0 aromatic heterocycles. The number of ether oxygens (including phenoxy) is 2. The van der Waals surface area contributed by atoms with Crippen LogP contribution < -0.4 is 15.8 Å². The average Bonchev–Trinajstić information content (AvgIpc) is 2.51. The molecule has 5 nitrogen and oxygen atoms in total. The van der Waals surface area contributed by atoms with Crippen LogP contribution in [0.2, 0.25) is 0 Å². The Balaban J connectivity index is 2.11. The van der Waals surface area contributed by atoms with E-state index in [-0.39, 0.29) is 0 Å². The third kappa shape index (κ3) is 4.65. The first-order valence-corrected chi connectivity index (χ1v) is 7.79. The highest BCUT2D eigenvalue weighted by Gasteiger charge is 2.16. The number of methoxy groups -OCH3 is 1. The summed E-state index contributed by atoms with van der Waals surface area (Å²) in [5.41, 5.74) is 9.03. The average molecular weight is 328 g/mol. The lowest BCUT2D eigenvalue weighted by Crippen LogP contribution is -2.32. The predicted molar refractivity (Wildman–Crippen MR) is 95.9 cm³/mol. The van der Waals surface area contributed by atoms with Crippen molar-refractivity contribution in [1.29, 1.82) is 0 Å². The molecule has 5 heteroatoms. The fourth-order valence-corrected chi connectivity index (χ4v) is 2.32. The molecule has 2 rings (SSSR count). The monoisotopic (exact) mass is 328 g/mol. The van der Waals surface area contributed by atoms with Crippen molar-refractivity contribution in [3.63, 3.8) is 0 Å². The van der Waals surface area contributed by atoms with Gasteiger partial charge in [0, 0.05) is 23.4 Å². The Bertz CT molecular complexity index is 721. The topological polar surface area (TPSA) is 73.6 Å². The lowest BCUT2D eigenvalue weighted by atomic mass is 10.0. The van der Waals surface area contributed by atoms with Gasteiger partial charge in [0.15, 0.2) is 0 Å². The summed E-state index contributed by atoms with van der Waals surface area (Å²) in [5.74, 6) is 0.767. The van der Waals surface area contributed by atoms with Crippen LogP contribution in [0.3, 0.4) is 0 Å². The summed E-state index contributed by atoms with van der Waals surface area (Å²) in [7, 11) is 1.63. The van der Waals surface area contributed by atoms with E-state index in [0.29, 0.717) is 12.2 Å². The van der Waals surface area contributed by atoms with Crippen molar-refractivity contribution >= 4 is 11.8 Å². The minimum Gasteiger partial charge on any atom is -0.496 e. The number of para-hydroxylation sites is 1. The zero-order valence-corrected chi connectivity index (χ0v) is 14.6. The van der Waals surface area contributed by atoms with Crippen molar-refractivity contribution in [3.05, 3.63) is 48.0 Å². The van der Waals surface area contributed by atoms with Gasteiger partial charge in [-0.05, 0) is 38.5 Å². The van der Waals surface area contributed by atoms with Gasteiger partial charge in [-0.15, -0.1) is 0 Å². The number of carbonyl (C=O) groups excluding carboxylic acids is 1. The van der Waals surface area contributed by atoms with Crippen LogP contribution in [0.4, 0.5) is 10.5 Å². The van der Waals surface area contributed by atoms with Gasteiger partial charge < -0.3 is 20.5 Å². The number of hydrogen-bond donors (Lipinski definition) is 2. The number of nitrogens with one attached hydrogen (secondary N) is 1. The number of nitrogen functional groups attached to an aromatic ring is 1. The molecule has 3 N–H and O–H groups in total. The normalized spacial score (nSPS) is 11.0. The Hall–Kier alpha value is -2.69. The number of benzene rings is 2. The maximum Gasteiger partial charge on any atom is 0.407 e. The molecule has 0 aliphatic rings. The SMILES string of the molecule is COc1ccccc1-c1ccc(CNC(=O)OC(C)(C)C)cc1N. The van der Waals surface area contributed by atoms with Crippen molar-refractivity contribution in [2.24, 2.45) is 0 Å². The molecule has 0 bridgehead atoms. The van der Waals surface area contributed by atoms with Gasteiger partial charge in [-0.1, -0.05) is 30.3 Å². The van der Waals surface area contributed by atoms with Crippen molar-refractivity contribution in [2.45, 2.75) is 32.9 Å². The third-order valence-corrected chi connectivity index (χ3v) is 3.35. The van der Waals surface area contributed by atoms with Crippen LogP contribution in [0.1, 0.15) is 26.3 Å². The number of nitrogens with two attached hydrogens (primary N) is 1. The molecule has 0 heterocycles. The first-order valence-electron chi connectivity index (χ1n) is 7.79. The zero-order chi connectivity index (χ0) is 17.7. The first kappa shape index (κ1) is 17.7. The van der Waals surface area contributed by atoms with Crippen molar-refractivity contribution in [3.8, 4) is 16.9 Å². The van der Waals surface area contributed by atoms with Crippen LogP contribution in [0.5, 0.6) is 5.75 Å². The van der Waals surface area contributed by atoms with Crippen molar-refractivity contribution in [2.75, 3.05) is 12.8 Å². The van der Waals surface area contributed by atoms with Crippen molar-refractivity contribution in [1.82, 2.24) is 5.32 Å². The van der Waals surface area contributed by atoms with Crippen LogP contribution in [0.25, 0.3) is 11.1 Å². The molecule has 0 spiro atoms. The van der Waals surface area contributed by atoms with E-state index < -0.39 is 11.7 Å². The molecule has 2 aromatic rings. The Morgan fingerprint density at radius 3 is 2.46 bits per heavy atom. The predicted octanol–water partition coefficient (Wildman–Crippen LogP) is 3.97. The molecule has 0 saturated heterocycles. The Morgan fingerprint density at radius 2 is 1.83 bits per heavy atom.